The van der Waals surface area contributed by atoms with Crippen LogP contribution in [-0.4, -0.2) is 32.5 Å². The quantitative estimate of drug-likeness (QED) is 0.870. The molecule has 1 unspecified atom stereocenters. The molecule has 8 heteroatoms. The summed E-state index contributed by atoms with van der Waals surface area (Å²) < 4.78 is 26.9. The number of hydrogen-bond donors (Lipinski definition) is 2. The SMILES string of the molecule is Cc1ncc(S(=O)(=O)NC2CCCNC2)s1.Cl. The molecule has 1 saturated heterocycles. The molecule has 0 spiro atoms. The fourth-order valence-electron chi connectivity index (χ4n) is 1.70. The van der Waals surface area contributed by atoms with Gasteiger partial charge in [0, 0.05) is 12.6 Å². The zero-order valence-electron chi connectivity index (χ0n) is 9.47. The van der Waals surface area contributed by atoms with Crippen molar-refractivity contribution in [3.8, 4) is 0 Å². The number of hydrogen-bond acceptors (Lipinski definition) is 5. The Bertz CT molecular complexity index is 455. The number of piperidine rings is 1. The van der Waals surface area contributed by atoms with Gasteiger partial charge in [0.1, 0.15) is 0 Å². The molecular weight excluding hydrogens is 282 g/mol. The van der Waals surface area contributed by atoms with Crippen LogP contribution in [0.25, 0.3) is 0 Å². The summed E-state index contributed by atoms with van der Waals surface area (Å²) in [7, 11) is -3.37. The predicted octanol–water partition coefficient (Wildman–Crippen LogP) is 0.904. The second-order valence-corrected chi connectivity index (χ2v) is 7.04. The Labute approximate surface area is 111 Å². The van der Waals surface area contributed by atoms with Crippen LogP contribution < -0.4 is 10.0 Å². The van der Waals surface area contributed by atoms with Gasteiger partial charge in [-0.05, 0) is 26.3 Å². The van der Waals surface area contributed by atoms with Gasteiger partial charge in [-0.2, -0.15) is 0 Å². The Kier molecular flexibility index (Phi) is 5.33. The lowest BCUT2D eigenvalue weighted by molar-refractivity contribution is 0.429. The van der Waals surface area contributed by atoms with Crippen molar-refractivity contribution >= 4 is 33.8 Å². The van der Waals surface area contributed by atoms with Crippen molar-refractivity contribution in [2.45, 2.75) is 30.0 Å². The zero-order chi connectivity index (χ0) is 11.6. The summed E-state index contributed by atoms with van der Waals surface area (Å²) in [6.07, 6.45) is 3.32. The Hall–Kier alpha value is -0.210. The van der Waals surface area contributed by atoms with Crippen LogP contribution in [0.15, 0.2) is 10.4 Å². The van der Waals surface area contributed by atoms with Gasteiger partial charge in [0.25, 0.3) is 10.0 Å². The van der Waals surface area contributed by atoms with E-state index >= 15 is 0 Å². The van der Waals surface area contributed by atoms with Crippen LogP contribution in [0, 0.1) is 6.92 Å². The second kappa shape index (κ2) is 6.10. The van der Waals surface area contributed by atoms with E-state index in [0.717, 1.165) is 24.4 Å². The monoisotopic (exact) mass is 297 g/mol. The summed E-state index contributed by atoms with van der Waals surface area (Å²) in [5.41, 5.74) is 0. The normalized spacial score (nSPS) is 20.9. The Morgan fingerprint density at radius 1 is 1.59 bits per heavy atom. The van der Waals surface area contributed by atoms with Crippen molar-refractivity contribution in [3.05, 3.63) is 11.2 Å². The molecule has 2 N–H and O–H groups in total. The van der Waals surface area contributed by atoms with Gasteiger partial charge in [0.15, 0.2) is 4.21 Å². The van der Waals surface area contributed by atoms with Gasteiger partial charge in [0.2, 0.25) is 0 Å². The molecule has 17 heavy (non-hydrogen) atoms. The topological polar surface area (TPSA) is 71.1 Å². The highest BCUT2D eigenvalue weighted by Gasteiger charge is 2.23. The third kappa shape index (κ3) is 3.89. The van der Waals surface area contributed by atoms with E-state index in [4.69, 9.17) is 0 Å². The lowest BCUT2D eigenvalue weighted by Crippen LogP contribution is -2.45. The molecule has 98 valence electrons. The Morgan fingerprint density at radius 2 is 2.35 bits per heavy atom. The molecule has 1 aliphatic heterocycles. The molecule has 1 fully saturated rings. The number of sulfonamides is 1. The van der Waals surface area contributed by atoms with E-state index in [1.807, 2.05) is 0 Å². The van der Waals surface area contributed by atoms with Gasteiger partial charge in [0.05, 0.1) is 11.2 Å². The van der Waals surface area contributed by atoms with E-state index in [1.165, 1.54) is 17.5 Å². The highest BCUT2D eigenvalue weighted by atomic mass is 35.5. The maximum Gasteiger partial charge on any atom is 0.251 e. The van der Waals surface area contributed by atoms with E-state index in [1.54, 1.807) is 6.92 Å². The maximum absolute atomic E-state index is 11.9. The summed E-state index contributed by atoms with van der Waals surface area (Å²) in [6, 6.07) is 0.00107. The van der Waals surface area contributed by atoms with E-state index in [-0.39, 0.29) is 18.4 Å². The van der Waals surface area contributed by atoms with Crippen LogP contribution in [0.2, 0.25) is 0 Å². The molecule has 0 amide bonds. The first kappa shape index (κ1) is 14.8. The maximum atomic E-state index is 11.9. The first-order valence-corrected chi connectivity index (χ1v) is 7.53. The fraction of sp³-hybridized carbons (Fsp3) is 0.667. The highest BCUT2D eigenvalue weighted by Crippen LogP contribution is 2.18. The highest BCUT2D eigenvalue weighted by molar-refractivity contribution is 7.91. The summed E-state index contributed by atoms with van der Waals surface area (Å²) in [6.45, 7) is 3.47. The summed E-state index contributed by atoms with van der Waals surface area (Å²) >= 11 is 1.20. The third-order valence-corrected chi connectivity index (χ3v) is 5.38. The summed E-state index contributed by atoms with van der Waals surface area (Å²) in [4.78, 5) is 3.96. The molecule has 1 aromatic rings. The molecule has 0 bridgehead atoms. The lowest BCUT2D eigenvalue weighted by atomic mass is 10.1. The van der Waals surface area contributed by atoms with E-state index in [0.29, 0.717) is 10.8 Å². The Balaban J connectivity index is 0.00000144. The van der Waals surface area contributed by atoms with Crippen molar-refractivity contribution in [3.63, 3.8) is 0 Å². The minimum atomic E-state index is -3.37. The number of nitrogens with one attached hydrogen (secondary N) is 2. The van der Waals surface area contributed by atoms with Gasteiger partial charge >= 0.3 is 0 Å². The van der Waals surface area contributed by atoms with Crippen molar-refractivity contribution in [1.29, 1.82) is 0 Å². The predicted molar refractivity (Wildman–Crippen MR) is 70.3 cm³/mol. The van der Waals surface area contributed by atoms with Gasteiger partial charge in [-0.25, -0.2) is 18.1 Å². The second-order valence-electron chi connectivity index (χ2n) is 3.86. The van der Waals surface area contributed by atoms with Gasteiger partial charge < -0.3 is 5.32 Å². The van der Waals surface area contributed by atoms with Gasteiger partial charge in [-0.3, -0.25) is 0 Å². The number of rotatable bonds is 3. The smallest absolute Gasteiger partial charge is 0.251 e. The molecule has 0 radical (unpaired) electrons. The standard InChI is InChI=1S/C9H15N3O2S2.ClH/c1-7-11-6-9(15-7)16(13,14)12-8-3-2-4-10-5-8;/h6,8,10,12H,2-5H2,1H3;1H. The van der Waals surface area contributed by atoms with Crippen LogP contribution in [0.5, 0.6) is 0 Å². The molecule has 2 heterocycles. The van der Waals surface area contributed by atoms with E-state index in [9.17, 15) is 8.42 Å². The molecule has 1 atom stereocenters. The third-order valence-electron chi connectivity index (χ3n) is 2.48. The average Bonchev–Trinajstić information content (AvgIpc) is 2.66. The average molecular weight is 298 g/mol. The first-order valence-electron chi connectivity index (χ1n) is 5.23. The minimum Gasteiger partial charge on any atom is -0.315 e. The molecule has 1 aliphatic rings. The molecular formula is C9H16ClN3O2S2. The number of aryl methyl sites for hydroxylation is 1. The van der Waals surface area contributed by atoms with Gasteiger partial charge in [-0.15, -0.1) is 23.7 Å². The van der Waals surface area contributed by atoms with Crippen molar-refractivity contribution < 1.29 is 8.42 Å². The largest absolute Gasteiger partial charge is 0.315 e. The van der Waals surface area contributed by atoms with Crippen molar-refractivity contribution in [2.75, 3.05) is 13.1 Å². The van der Waals surface area contributed by atoms with Crippen LogP contribution in [0.3, 0.4) is 0 Å². The Morgan fingerprint density at radius 3 is 2.88 bits per heavy atom. The molecule has 1 aromatic heterocycles. The fourth-order valence-corrected chi connectivity index (χ4v) is 4.09. The number of aromatic nitrogens is 1. The van der Waals surface area contributed by atoms with Crippen LogP contribution in [-0.2, 0) is 10.0 Å². The lowest BCUT2D eigenvalue weighted by Gasteiger charge is -2.23. The molecule has 0 saturated carbocycles. The number of halogens is 1. The van der Waals surface area contributed by atoms with Crippen molar-refractivity contribution in [1.82, 2.24) is 15.0 Å². The van der Waals surface area contributed by atoms with Gasteiger partial charge in [-0.1, -0.05) is 0 Å². The molecule has 2 rings (SSSR count). The molecule has 5 nitrogen and oxygen atoms in total. The van der Waals surface area contributed by atoms with Crippen LogP contribution in [0.1, 0.15) is 17.8 Å². The van der Waals surface area contributed by atoms with Crippen LogP contribution in [0.4, 0.5) is 0 Å². The minimum absolute atomic E-state index is 0. The van der Waals surface area contributed by atoms with Crippen molar-refractivity contribution in [2.24, 2.45) is 0 Å². The number of nitrogens with zero attached hydrogens (tertiary/aromatic N) is 1. The van der Waals surface area contributed by atoms with E-state index < -0.39 is 10.0 Å². The molecule has 0 aliphatic carbocycles. The molecule has 0 aromatic carbocycles. The first-order chi connectivity index (χ1) is 7.58. The van der Waals surface area contributed by atoms with E-state index in [2.05, 4.69) is 15.0 Å². The zero-order valence-corrected chi connectivity index (χ0v) is 11.9. The number of thiazole rings is 1. The summed E-state index contributed by atoms with van der Waals surface area (Å²) in [5, 5.41) is 3.94. The van der Waals surface area contributed by atoms with Crippen LogP contribution >= 0.6 is 23.7 Å². The summed E-state index contributed by atoms with van der Waals surface area (Å²) in [5.74, 6) is 0.